The van der Waals surface area contributed by atoms with Crippen molar-refractivity contribution in [3.8, 4) is 0 Å². The fourth-order valence-electron chi connectivity index (χ4n) is 3.49. The van der Waals surface area contributed by atoms with Crippen molar-refractivity contribution >= 4 is 46.4 Å². The van der Waals surface area contributed by atoms with Crippen molar-refractivity contribution in [1.29, 1.82) is 0 Å². The Hall–Kier alpha value is -2.28. The van der Waals surface area contributed by atoms with Gasteiger partial charge in [-0.25, -0.2) is 0 Å². The summed E-state index contributed by atoms with van der Waals surface area (Å²) in [7, 11) is 0. The molecule has 2 aromatic rings. The summed E-state index contributed by atoms with van der Waals surface area (Å²) in [5, 5.41) is 6.50. The standard InChI is InChI=1S/C23H27Cl2N3O3/c1-2-31-13-5-10-26-23(30)18-15-17(7-9-21(18)28-11-3-4-12-28)27-22(29)16-6-8-19(24)20(25)14-16/h6-9,14-15H,2-5,10-13H2,1H3,(H,26,30)(H,27,29). The van der Waals surface area contributed by atoms with Crippen molar-refractivity contribution in [2.45, 2.75) is 26.2 Å². The highest BCUT2D eigenvalue weighted by Crippen LogP contribution is 2.28. The number of nitrogens with zero attached hydrogens (tertiary/aromatic N) is 1. The third kappa shape index (κ3) is 6.35. The van der Waals surface area contributed by atoms with Gasteiger partial charge >= 0.3 is 0 Å². The van der Waals surface area contributed by atoms with Gasteiger partial charge in [0.25, 0.3) is 11.8 Å². The van der Waals surface area contributed by atoms with Crippen LogP contribution in [0.1, 0.15) is 46.9 Å². The van der Waals surface area contributed by atoms with Crippen molar-refractivity contribution in [2.75, 3.05) is 43.1 Å². The summed E-state index contributed by atoms with van der Waals surface area (Å²) < 4.78 is 5.32. The molecule has 0 spiro atoms. The van der Waals surface area contributed by atoms with Gasteiger partial charge < -0.3 is 20.3 Å². The number of benzene rings is 2. The fourth-order valence-corrected chi connectivity index (χ4v) is 3.78. The lowest BCUT2D eigenvalue weighted by Gasteiger charge is -2.22. The predicted octanol–water partition coefficient (Wildman–Crippen LogP) is 5.00. The van der Waals surface area contributed by atoms with Crippen LogP contribution in [-0.2, 0) is 4.74 Å². The Morgan fingerprint density at radius 2 is 1.81 bits per heavy atom. The van der Waals surface area contributed by atoms with Gasteiger partial charge in [0, 0.05) is 49.8 Å². The third-order valence-corrected chi connectivity index (χ3v) is 5.82. The zero-order valence-electron chi connectivity index (χ0n) is 17.5. The molecule has 1 heterocycles. The van der Waals surface area contributed by atoms with E-state index >= 15 is 0 Å². The minimum absolute atomic E-state index is 0.163. The van der Waals surface area contributed by atoms with Crippen LogP contribution >= 0.6 is 23.2 Å². The normalized spacial score (nSPS) is 13.3. The first-order valence-corrected chi connectivity index (χ1v) is 11.3. The molecule has 1 saturated heterocycles. The maximum absolute atomic E-state index is 12.9. The van der Waals surface area contributed by atoms with E-state index in [1.807, 2.05) is 19.1 Å². The number of hydrogen-bond acceptors (Lipinski definition) is 4. The summed E-state index contributed by atoms with van der Waals surface area (Å²) in [6.45, 7) is 5.57. The lowest BCUT2D eigenvalue weighted by atomic mass is 10.1. The summed E-state index contributed by atoms with van der Waals surface area (Å²) in [5.41, 5.74) is 2.36. The first-order chi connectivity index (χ1) is 15.0. The highest BCUT2D eigenvalue weighted by atomic mass is 35.5. The topological polar surface area (TPSA) is 70.7 Å². The predicted molar refractivity (Wildman–Crippen MR) is 126 cm³/mol. The number of halogens is 2. The first-order valence-electron chi connectivity index (χ1n) is 10.5. The molecule has 3 rings (SSSR count). The summed E-state index contributed by atoms with van der Waals surface area (Å²) in [6, 6.07) is 10.1. The molecular weight excluding hydrogens is 437 g/mol. The fraction of sp³-hybridized carbons (Fsp3) is 0.391. The number of hydrogen-bond donors (Lipinski definition) is 2. The second-order valence-corrected chi connectivity index (χ2v) is 8.13. The van der Waals surface area contributed by atoms with Gasteiger partial charge in [-0.3, -0.25) is 9.59 Å². The second kappa shape index (κ2) is 11.4. The van der Waals surface area contributed by atoms with Crippen LogP contribution < -0.4 is 15.5 Å². The molecule has 0 saturated carbocycles. The minimum atomic E-state index is -0.324. The van der Waals surface area contributed by atoms with E-state index in [-0.39, 0.29) is 11.8 Å². The highest BCUT2D eigenvalue weighted by Gasteiger charge is 2.20. The van der Waals surface area contributed by atoms with Crippen LogP contribution in [0.15, 0.2) is 36.4 Å². The zero-order chi connectivity index (χ0) is 22.2. The monoisotopic (exact) mass is 463 g/mol. The van der Waals surface area contributed by atoms with Gasteiger partial charge in [-0.2, -0.15) is 0 Å². The van der Waals surface area contributed by atoms with Crippen molar-refractivity contribution in [2.24, 2.45) is 0 Å². The van der Waals surface area contributed by atoms with Crippen LogP contribution in [0.25, 0.3) is 0 Å². The van der Waals surface area contributed by atoms with Gasteiger partial charge in [0.2, 0.25) is 0 Å². The molecule has 31 heavy (non-hydrogen) atoms. The smallest absolute Gasteiger partial charge is 0.255 e. The molecule has 1 aliphatic rings. The molecule has 0 atom stereocenters. The Balaban J connectivity index is 1.76. The quantitative estimate of drug-likeness (QED) is 0.513. The third-order valence-electron chi connectivity index (χ3n) is 5.08. The van der Waals surface area contributed by atoms with E-state index in [4.69, 9.17) is 27.9 Å². The number of ether oxygens (including phenoxy) is 1. The molecule has 1 fully saturated rings. The van der Waals surface area contributed by atoms with Crippen LogP contribution in [0.2, 0.25) is 10.0 Å². The van der Waals surface area contributed by atoms with E-state index in [0.29, 0.717) is 46.6 Å². The Morgan fingerprint density at radius 3 is 2.52 bits per heavy atom. The number of anilines is 2. The van der Waals surface area contributed by atoms with Crippen LogP contribution in [0.4, 0.5) is 11.4 Å². The number of carbonyl (C=O) groups excluding carboxylic acids is 2. The molecule has 8 heteroatoms. The van der Waals surface area contributed by atoms with Gasteiger partial charge in [0.1, 0.15) is 0 Å². The molecule has 1 aliphatic heterocycles. The van der Waals surface area contributed by atoms with Gasteiger partial charge in [-0.05, 0) is 62.6 Å². The summed E-state index contributed by atoms with van der Waals surface area (Å²) in [6.07, 6.45) is 2.95. The number of rotatable bonds is 9. The van der Waals surface area contributed by atoms with Crippen LogP contribution in [0.3, 0.4) is 0 Å². The van der Waals surface area contributed by atoms with Gasteiger partial charge in [0.15, 0.2) is 0 Å². The molecule has 0 aliphatic carbocycles. The molecule has 0 bridgehead atoms. The molecule has 0 aromatic heterocycles. The maximum atomic E-state index is 12.9. The largest absolute Gasteiger partial charge is 0.382 e. The van der Waals surface area contributed by atoms with Crippen LogP contribution in [-0.4, -0.2) is 44.7 Å². The second-order valence-electron chi connectivity index (χ2n) is 7.32. The maximum Gasteiger partial charge on any atom is 0.255 e. The van der Waals surface area contributed by atoms with E-state index in [1.54, 1.807) is 18.2 Å². The number of amides is 2. The van der Waals surface area contributed by atoms with Crippen molar-refractivity contribution < 1.29 is 14.3 Å². The molecule has 0 unspecified atom stereocenters. The number of carbonyl (C=O) groups is 2. The first kappa shape index (κ1) is 23.4. The molecule has 2 N–H and O–H groups in total. The van der Waals surface area contributed by atoms with Gasteiger partial charge in [0.05, 0.1) is 15.6 Å². The van der Waals surface area contributed by atoms with E-state index in [0.717, 1.165) is 38.0 Å². The SMILES string of the molecule is CCOCCCNC(=O)c1cc(NC(=O)c2ccc(Cl)c(Cl)c2)ccc1N1CCCC1. The van der Waals surface area contributed by atoms with E-state index in [9.17, 15) is 9.59 Å². The van der Waals surface area contributed by atoms with Crippen molar-refractivity contribution in [3.05, 3.63) is 57.6 Å². The molecule has 6 nitrogen and oxygen atoms in total. The lowest BCUT2D eigenvalue weighted by molar-refractivity contribution is 0.0943. The van der Waals surface area contributed by atoms with Crippen LogP contribution in [0, 0.1) is 0 Å². The minimum Gasteiger partial charge on any atom is -0.382 e. The highest BCUT2D eigenvalue weighted by molar-refractivity contribution is 6.42. The molecule has 0 radical (unpaired) electrons. The molecule has 166 valence electrons. The average Bonchev–Trinajstić information content (AvgIpc) is 3.30. The van der Waals surface area contributed by atoms with Crippen molar-refractivity contribution in [3.63, 3.8) is 0 Å². The van der Waals surface area contributed by atoms with E-state index < -0.39 is 0 Å². The van der Waals surface area contributed by atoms with Crippen LogP contribution in [0.5, 0.6) is 0 Å². The Bertz CT molecular complexity index is 930. The number of nitrogens with one attached hydrogen (secondary N) is 2. The van der Waals surface area contributed by atoms with Crippen molar-refractivity contribution in [1.82, 2.24) is 5.32 Å². The Kier molecular flexibility index (Phi) is 8.58. The summed E-state index contributed by atoms with van der Waals surface area (Å²) in [5.74, 6) is -0.486. The van der Waals surface area contributed by atoms with Gasteiger partial charge in [-0.15, -0.1) is 0 Å². The molecular formula is C23H27Cl2N3O3. The zero-order valence-corrected chi connectivity index (χ0v) is 19.1. The van der Waals surface area contributed by atoms with Gasteiger partial charge in [-0.1, -0.05) is 23.2 Å². The lowest BCUT2D eigenvalue weighted by Crippen LogP contribution is -2.29. The Morgan fingerprint density at radius 1 is 1.03 bits per heavy atom. The van der Waals surface area contributed by atoms with E-state index in [1.165, 1.54) is 6.07 Å². The Labute approximate surface area is 192 Å². The summed E-state index contributed by atoms with van der Waals surface area (Å²) >= 11 is 12.0. The average molecular weight is 464 g/mol. The molecule has 2 amide bonds. The summed E-state index contributed by atoms with van der Waals surface area (Å²) in [4.78, 5) is 27.8. The molecule has 2 aromatic carbocycles. The van der Waals surface area contributed by atoms with E-state index in [2.05, 4.69) is 15.5 Å².